The lowest BCUT2D eigenvalue weighted by Crippen LogP contribution is -2.26. The standard InChI is InChI=1S/C8H12N4/c9-3-8-6-4-10-2-1-7(6)11-5-12-8/h5,10H,1-4,9H2. The zero-order valence-electron chi connectivity index (χ0n) is 6.88. The molecular formula is C8H12N4. The topological polar surface area (TPSA) is 63.8 Å². The lowest BCUT2D eigenvalue weighted by molar-refractivity contribution is 0.616. The second kappa shape index (κ2) is 3.16. The van der Waals surface area contributed by atoms with E-state index in [4.69, 9.17) is 5.73 Å². The van der Waals surface area contributed by atoms with Gasteiger partial charge in [-0.2, -0.15) is 0 Å². The van der Waals surface area contributed by atoms with Gasteiger partial charge in [-0.15, -0.1) is 0 Å². The van der Waals surface area contributed by atoms with Gasteiger partial charge in [-0.05, 0) is 0 Å². The fraction of sp³-hybridized carbons (Fsp3) is 0.500. The molecule has 0 saturated heterocycles. The maximum Gasteiger partial charge on any atom is 0.116 e. The second-order valence-corrected chi connectivity index (χ2v) is 2.88. The molecule has 0 aliphatic carbocycles. The van der Waals surface area contributed by atoms with Gasteiger partial charge in [-0.3, -0.25) is 0 Å². The third-order valence-corrected chi connectivity index (χ3v) is 2.16. The first-order valence-electron chi connectivity index (χ1n) is 4.14. The van der Waals surface area contributed by atoms with Gasteiger partial charge in [0, 0.05) is 37.3 Å². The van der Waals surface area contributed by atoms with Crippen molar-refractivity contribution in [3.63, 3.8) is 0 Å². The molecule has 3 N–H and O–H groups in total. The van der Waals surface area contributed by atoms with Crippen molar-refractivity contribution in [3.05, 3.63) is 23.3 Å². The van der Waals surface area contributed by atoms with Crippen LogP contribution in [0.3, 0.4) is 0 Å². The average Bonchev–Trinajstić information content (AvgIpc) is 2.17. The molecule has 0 fully saturated rings. The van der Waals surface area contributed by atoms with Gasteiger partial charge in [-0.1, -0.05) is 0 Å². The van der Waals surface area contributed by atoms with Crippen molar-refractivity contribution in [2.24, 2.45) is 5.73 Å². The molecule has 0 spiro atoms. The number of nitrogens with zero attached hydrogens (tertiary/aromatic N) is 2. The number of fused-ring (bicyclic) bond motifs is 1. The van der Waals surface area contributed by atoms with E-state index in [0.717, 1.165) is 30.9 Å². The Balaban J connectivity index is 2.44. The highest BCUT2D eigenvalue weighted by Gasteiger charge is 2.13. The van der Waals surface area contributed by atoms with Crippen molar-refractivity contribution in [1.29, 1.82) is 0 Å². The maximum atomic E-state index is 5.56. The van der Waals surface area contributed by atoms with Crippen molar-refractivity contribution in [2.45, 2.75) is 19.5 Å². The minimum Gasteiger partial charge on any atom is -0.325 e. The van der Waals surface area contributed by atoms with E-state index in [-0.39, 0.29) is 0 Å². The van der Waals surface area contributed by atoms with E-state index in [1.807, 2.05) is 0 Å². The summed E-state index contributed by atoms with van der Waals surface area (Å²) in [5.41, 5.74) is 8.89. The van der Waals surface area contributed by atoms with Crippen LogP contribution in [0.25, 0.3) is 0 Å². The minimum atomic E-state index is 0.506. The van der Waals surface area contributed by atoms with Crippen LogP contribution in [0, 0.1) is 0 Å². The number of hydrogen-bond donors (Lipinski definition) is 2. The van der Waals surface area contributed by atoms with Gasteiger partial charge in [0.2, 0.25) is 0 Å². The van der Waals surface area contributed by atoms with E-state index >= 15 is 0 Å². The number of hydrogen-bond acceptors (Lipinski definition) is 4. The number of rotatable bonds is 1. The summed E-state index contributed by atoms with van der Waals surface area (Å²) < 4.78 is 0. The molecule has 2 rings (SSSR count). The second-order valence-electron chi connectivity index (χ2n) is 2.88. The lowest BCUT2D eigenvalue weighted by Gasteiger charge is -2.17. The van der Waals surface area contributed by atoms with Gasteiger partial charge in [0.1, 0.15) is 6.33 Å². The third-order valence-electron chi connectivity index (χ3n) is 2.16. The van der Waals surface area contributed by atoms with Crippen molar-refractivity contribution in [2.75, 3.05) is 6.54 Å². The highest BCUT2D eigenvalue weighted by molar-refractivity contribution is 5.26. The zero-order valence-corrected chi connectivity index (χ0v) is 6.88. The third kappa shape index (κ3) is 1.19. The molecule has 1 aliphatic rings. The Morgan fingerprint density at radius 3 is 3.25 bits per heavy atom. The van der Waals surface area contributed by atoms with Crippen LogP contribution in [0.2, 0.25) is 0 Å². The predicted octanol–water partition coefficient (Wildman–Crippen LogP) is -0.419. The first-order valence-corrected chi connectivity index (χ1v) is 4.14. The first kappa shape index (κ1) is 7.64. The quantitative estimate of drug-likeness (QED) is 0.591. The van der Waals surface area contributed by atoms with Gasteiger partial charge in [0.15, 0.2) is 0 Å². The normalized spacial score (nSPS) is 15.8. The van der Waals surface area contributed by atoms with Gasteiger partial charge in [0.05, 0.1) is 5.69 Å². The van der Waals surface area contributed by atoms with Crippen LogP contribution in [0.5, 0.6) is 0 Å². The summed E-state index contributed by atoms with van der Waals surface area (Å²) in [7, 11) is 0. The molecule has 0 bridgehead atoms. The summed E-state index contributed by atoms with van der Waals surface area (Å²) >= 11 is 0. The molecule has 0 amide bonds. The smallest absolute Gasteiger partial charge is 0.116 e. The zero-order chi connectivity index (χ0) is 8.39. The monoisotopic (exact) mass is 164 g/mol. The van der Waals surface area contributed by atoms with Gasteiger partial charge in [-0.25, -0.2) is 9.97 Å². The summed E-state index contributed by atoms with van der Waals surface area (Å²) in [4.78, 5) is 8.36. The molecule has 4 nitrogen and oxygen atoms in total. The molecule has 12 heavy (non-hydrogen) atoms. The summed E-state index contributed by atoms with van der Waals surface area (Å²) in [6, 6.07) is 0. The molecule has 64 valence electrons. The maximum absolute atomic E-state index is 5.56. The lowest BCUT2D eigenvalue weighted by atomic mass is 10.1. The van der Waals surface area contributed by atoms with E-state index in [9.17, 15) is 0 Å². The molecule has 4 heteroatoms. The molecule has 0 radical (unpaired) electrons. The molecular weight excluding hydrogens is 152 g/mol. The highest BCUT2D eigenvalue weighted by atomic mass is 14.9. The number of aromatic nitrogens is 2. The van der Waals surface area contributed by atoms with Crippen LogP contribution in [0.4, 0.5) is 0 Å². The van der Waals surface area contributed by atoms with E-state index in [0.29, 0.717) is 6.54 Å². The molecule has 0 aromatic carbocycles. The van der Waals surface area contributed by atoms with Crippen LogP contribution >= 0.6 is 0 Å². The van der Waals surface area contributed by atoms with Crippen LogP contribution in [-0.2, 0) is 19.5 Å². The van der Waals surface area contributed by atoms with Crippen LogP contribution in [0.15, 0.2) is 6.33 Å². The fourth-order valence-electron chi connectivity index (χ4n) is 1.51. The van der Waals surface area contributed by atoms with Crippen LogP contribution < -0.4 is 11.1 Å². The van der Waals surface area contributed by atoms with Crippen molar-refractivity contribution < 1.29 is 0 Å². The largest absolute Gasteiger partial charge is 0.325 e. The molecule has 2 heterocycles. The summed E-state index contributed by atoms with van der Waals surface area (Å²) in [6.07, 6.45) is 2.59. The highest BCUT2D eigenvalue weighted by Crippen LogP contribution is 2.12. The SMILES string of the molecule is NCc1ncnc2c1CNCC2. The Morgan fingerprint density at radius 2 is 2.42 bits per heavy atom. The fourth-order valence-corrected chi connectivity index (χ4v) is 1.51. The molecule has 0 atom stereocenters. The molecule has 0 saturated carbocycles. The summed E-state index contributed by atoms with van der Waals surface area (Å²) in [6.45, 7) is 2.38. The van der Waals surface area contributed by atoms with Crippen molar-refractivity contribution >= 4 is 0 Å². The Morgan fingerprint density at radius 1 is 1.50 bits per heavy atom. The Kier molecular flexibility index (Phi) is 2.01. The van der Waals surface area contributed by atoms with Crippen molar-refractivity contribution in [3.8, 4) is 0 Å². The summed E-state index contributed by atoms with van der Waals surface area (Å²) in [5.74, 6) is 0. The molecule has 0 unspecified atom stereocenters. The Labute approximate surface area is 71.2 Å². The van der Waals surface area contributed by atoms with E-state index in [1.54, 1.807) is 6.33 Å². The summed E-state index contributed by atoms with van der Waals surface area (Å²) in [5, 5.41) is 3.28. The molecule has 1 aliphatic heterocycles. The van der Waals surface area contributed by atoms with Gasteiger partial charge >= 0.3 is 0 Å². The van der Waals surface area contributed by atoms with Gasteiger partial charge < -0.3 is 11.1 Å². The molecule has 1 aromatic rings. The molecule has 1 aromatic heterocycles. The van der Waals surface area contributed by atoms with E-state index in [2.05, 4.69) is 15.3 Å². The predicted molar refractivity (Wildman–Crippen MR) is 45.3 cm³/mol. The first-order chi connectivity index (χ1) is 5.92. The van der Waals surface area contributed by atoms with Crippen LogP contribution in [0.1, 0.15) is 17.0 Å². The van der Waals surface area contributed by atoms with E-state index < -0.39 is 0 Å². The Hall–Kier alpha value is -1.00. The van der Waals surface area contributed by atoms with Crippen molar-refractivity contribution in [1.82, 2.24) is 15.3 Å². The minimum absolute atomic E-state index is 0.506. The average molecular weight is 164 g/mol. The van der Waals surface area contributed by atoms with Gasteiger partial charge in [0.25, 0.3) is 0 Å². The van der Waals surface area contributed by atoms with E-state index in [1.165, 1.54) is 5.56 Å². The number of nitrogens with one attached hydrogen (secondary N) is 1. The number of nitrogens with two attached hydrogens (primary N) is 1. The van der Waals surface area contributed by atoms with Crippen LogP contribution in [-0.4, -0.2) is 16.5 Å². The Bertz CT molecular complexity index is 270.